The van der Waals surface area contributed by atoms with Crippen molar-refractivity contribution in [2.45, 2.75) is 37.9 Å². The van der Waals surface area contributed by atoms with Crippen molar-refractivity contribution >= 4 is 26.7 Å². The van der Waals surface area contributed by atoms with Crippen LogP contribution in [0.4, 0.5) is 8.78 Å². The van der Waals surface area contributed by atoms with Crippen molar-refractivity contribution in [3.8, 4) is 0 Å². The molecule has 1 heterocycles. The van der Waals surface area contributed by atoms with Crippen LogP contribution in [0.25, 0.3) is 0 Å². The number of benzene rings is 1. The van der Waals surface area contributed by atoms with Gasteiger partial charge in [0.25, 0.3) is 0 Å². The molecule has 0 N–H and O–H groups in total. The van der Waals surface area contributed by atoms with Gasteiger partial charge in [-0.15, -0.1) is 0 Å². The maximum Gasteiger partial charge on any atom is 0.126 e. The Morgan fingerprint density at radius 2 is 1.83 bits per heavy atom. The summed E-state index contributed by atoms with van der Waals surface area (Å²) in [6.07, 6.45) is 2.03. The predicted molar refractivity (Wildman–Crippen MR) is 97.5 cm³/mol. The molecule has 0 aliphatic rings. The molecule has 24 heavy (non-hydrogen) atoms. The number of nitrogens with zero attached hydrogens (tertiary/aromatic N) is 1. The van der Waals surface area contributed by atoms with Gasteiger partial charge in [-0.2, -0.15) is 0 Å². The molecular weight excluding hydrogens is 396 g/mol. The molecule has 0 bridgehead atoms. The van der Waals surface area contributed by atoms with Crippen molar-refractivity contribution in [2.75, 3.05) is 5.75 Å². The zero-order chi connectivity index (χ0) is 17.9. The largest absolute Gasteiger partial charge is 0.260 e. The molecule has 0 amide bonds. The lowest BCUT2D eigenvalue weighted by molar-refractivity contribution is 0.576. The maximum atomic E-state index is 13.5. The molecule has 0 radical (unpaired) electrons. The minimum Gasteiger partial charge on any atom is -0.260 e. The Morgan fingerprint density at radius 3 is 2.38 bits per heavy atom. The topological polar surface area (TPSA) is 30.0 Å². The average molecular weight is 416 g/mol. The van der Waals surface area contributed by atoms with E-state index in [-0.39, 0.29) is 10.7 Å². The predicted octanol–water partition coefficient (Wildman–Crippen LogP) is 5.00. The van der Waals surface area contributed by atoms with E-state index in [1.54, 1.807) is 12.3 Å². The summed E-state index contributed by atoms with van der Waals surface area (Å²) in [5, 5.41) is 0. The van der Waals surface area contributed by atoms with Crippen LogP contribution in [0.1, 0.15) is 37.9 Å². The molecule has 2 aromatic rings. The molecule has 1 aromatic heterocycles. The summed E-state index contributed by atoms with van der Waals surface area (Å²) in [5.41, 5.74) is 1.28. The Balaban J connectivity index is 2.35. The Morgan fingerprint density at radius 1 is 1.21 bits per heavy atom. The van der Waals surface area contributed by atoms with Gasteiger partial charge in [0.05, 0.1) is 5.69 Å². The van der Waals surface area contributed by atoms with Crippen LogP contribution in [0.5, 0.6) is 0 Å². The fourth-order valence-corrected chi connectivity index (χ4v) is 4.10. The van der Waals surface area contributed by atoms with Crippen LogP contribution in [0.2, 0.25) is 0 Å². The van der Waals surface area contributed by atoms with Crippen molar-refractivity contribution in [3.05, 3.63) is 63.9 Å². The molecule has 0 aliphatic heterocycles. The van der Waals surface area contributed by atoms with Crippen LogP contribution >= 0.6 is 15.9 Å². The normalized spacial score (nSPS) is 14.4. The summed E-state index contributed by atoms with van der Waals surface area (Å²) in [5.74, 6) is -1.06. The van der Waals surface area contributed by atoms with Crippen molar-refractivity contribution in [1.29, 1.82) is 0 Å². The molecule has 0 aliphatic carbocycles. The van der Waals surface area contributed by atoms with Crippen molar-refractivity contribution < 1.29 is 13.0 Å². The molecule has 0 spiro atoms. The molecule has 2 atom stereocenters. The van der Waals surface area contributed by atoms with Gasteiger partial charge < -0.3 is 0 Å². The molecular formula is C18H20BrF2NOS. The van der Waals surface area contributed by atoms with Crippen LogP contribution < -0.4 is 0 Å². The Labute approximate surface area is 152 Å². The molecule has 0 saturated heterocycles. The number of halogens is 3. The van der Waals surface area contributed by atoms with E-state index in [1.165, 1.54) is 12.1 Å². The molecule has 130 valence electrons. The first-order valence-electron chi connectivity index (χ1n) is 7.60. The van der Waals surface area contributed by atoms with Gasteiger partial charge in [-0.3, -0.25) is 9.19 Å². The molecule has 0 fully saturated rings. The minimum atomic E-state index is -1.11. The van der Waals surface area contributed by atoms with E-state index in [9.17, 15) is 13.0 Å². The highest BCUT2D eigenvalue weighted by atomic mass is 79.9. The number of aromatic nitrogens is 1. The standard InChI is InChI=1S/C18H20BrF2NOS/c1-18(2,3)24(23)11-13(17-16(19)5-4-6-22-17)7-12-8-14(20)10-15(21)9-12/h4-6,8-10,13H,7,11H2,1-3H3/t13-,24+/m1/s1. The summed E-state index contributed by atoms with van der Waals surface area (Å²) in [7, 11) is -1.11. The third-order valence-electron chi connectivity index (χ3n) is 3.61. The van der Waals surface area contributed by atoms with Gasteiger partial charge in [0.2, 0.25) is 0 Å². The third kappa shape index (κ3) is 5.18. The molecule has 2 rings (SSSR count). The van der Waals surface area contributed by atoms with Crippen LogP contribution in [0.15, 0.2) is 41.0 Å². The van der Waals surface area contributed by atoms with E-state index in [2.05, 4.69) is 20.9 Å². The summed E-state index contributed by atoms with van der Waals surface area (Å²) in [6.45, 7) is 5.74. The Kier molecular flexibility index (Phi) is 6.26. The van der Waals surface area contributed by atoms with Crippen LogP contribution in [0, 0.1) is 11.6 Å². The lowest BCUT2D eigenvalue weighted by atomic mass is 9.97. The van der Waals surface area contributed by atoms with E-state index in [0.717, 1.165) is 16.2 Å². The summed E-state index contributed by atoms with van der Waals surface area (Å²) < 4.78 is 40.0. The summed E-state index contributed by atoms with van der Waals surface area (Å²) in [6, 6.07) is 7.14. The summed E-state index contributed by atoms with van der Waals surface area (Å²) >= 11 is 3.47. The van der Waals surface area contributed by atoms with Gasteiger partial charge >= 0.3 is 0 Å². The molecule has 0 unspecified atom stereocenters. The number of hydrogen-bond donors (Lipinski definition) is 0. The summed E-state index contributed by atoms with van der Waals surface area (Å²) in [4.78, 5) is 4.39. The zero-order valence-electron chi connectivity index (χ0n) is 13.9. The van der Waals surface area contributed by atoms with Crippen LogP contribution in [0.3, 0.4) is 0 Å². The fraction of sp³-hybridized carbons (Fsp3) is 0.389. The number of rotatable bonds is 5. The zero-order valence-corrected chi connectivity index (χ0v) is 16.3. The van der Waals surface area contributed by atoms with Crippen molar-refractivity contribution in [2.24, 2.45) is 0 Å². The fourth-order valence-electron chi connectivity index (χ4n) is 2.38. The SMILES string of the molecule is CC(C)(C)[S@@](=O)C[C@@H](Cc1cc(F)cc(F)c1)c1ncccc1Br. The quantitative estimate of drug-likeness (QED) is 0.687. The second-order valence-corrected chi connectivity index (χ2v) is 9.78. The Hall–Kier alpha value is -1.14. The molecule has 6 heteroatoms. The van der Waals surface area contributed by atoms with Gasteiger partial charge in [0.15, 0.2) is 0 Å². The highest BCUT2D eigenvalue weighted by molar-refractivity contribution is 9.10. The van der Waals surface area contributed by atoms with Gasteiger partial charge in [-0.1, -0.05) is 0 Å². The first kappa shape index (κ1) is 19.2. The lowest BCUT2D eigenvalue weighted by Crippen LogP contribution is -2.28. The highest BCUT2D eigenvalue weighted by Crippen LogP contribution is 2.29. The molecule has 0 saturated carbocycles. The second-order valence-electron chi connectivity index (χ2n) is 6.67. The monoisotopic (exact) mass is 415 g/mol. The maximum absolute atomic E-state index is 13.5. The number of pyridine rings is 1. The van der Waals surface area contributed by atoms with Gasteiger partial charge in [-0.25, -0.2) is 8.78 Å². The van der Waals surface area contributed by atoms with Crippen LogP contribution in [-0.2, 0) is 17.2 Å². The Bertz CT molecular complexity index is 726. The van der Waals surface area contributed by atoms with Gasteiger partial charge in [0, 0.05) is 44.0 Å². The second kappa shape index (κ2) is 7.83. The lowest BCUT2D eigenvalue weighted by Gasteiger charge is -2.23. The first-order chi connectivity index (χ1) is 11.2. The van der Waals surface area contributed by atoms with Gasteiger partial charge in [-0.05, 0) is 73.0 Å². The van der Waals surface area contributed by atoms with E-state index in [4.69, 9.17) is 0 Å². The van der Waals surface area contributed by atoms with E-state index < -0.39 is 22.4 Å². The van der Waals surface area contributed by atoms with Crippen molar-refractivity contribution in [1.82, 2.24) is 4.98 Å². The smallest absolute Gasteiger partial charge is 0.126 e. The van der Waals surface area contributed by atoms with E-state index in [0.29, 0.717) is 17.7 Å². The van der Waals surface area contributed by atoms with Crippen LogP contribution in [-0.4, -0.2) is 19.7 Å². The highest BCUT2D eigenvalue weighted by Gasteiger charge is 2.26. The van der Waals surface area contributed by atoms with Crippen molar-refractivity contribution in [3.63, 3.8) is 0 Å². The number of hydrogen-bond acceptors (Lipinski definition) is 2. The minimum absolute atomic E-state index is 0.207. The van der Waals surface area contributed by atoms with E-state index >= 15 is 0 Å². The molecule has 1 aromatic carbocycles. The first-order valence-corrected chi connectivity index (χ1v) is 9.72. The molecule has 2 nitrogen and oxygen atoms in total. The third-order valence-corrected chi connectivity index (χ3v) is 6.36. The van der Waals surface area contributed by atoms with E-state index in [1.807, 2.05) is 26.8 Å². The average Bonchev–Trinajstić information content (AvgIpc) is 2.45. The van der Waals surface area contributed by atoms with Gasteiger partial charge in [0.1, 0.15) is 11.6 Å².